The first kappa shape index (κ1) is 20.2. The van der Waals surface area contributed by atoms with Crippen LogP contribution in [0.25, 0.3) is 0 Å². The van der Waals surface area contributed by atoms with Crippen LogP contribution in [0, 0.1) is 0 Å². The summed E-state index contributed by atoms with van der Waals surface area (Å²) in [7, 11) is 0. The quantitative estimate of drug-likeness (QED) is 0.432. The average molecular weight is 373 g/mol. The fourth-order valence-corrected chi connectivity index (χ4v) is 3.93. The van der Waals surface area contributed by atoms with Crippen LogP contribution in [-0.4, -0.2) is 67.7 Å². The summed E-state index contributed by atoms with van der Waals surface area (Å²) in [6, 6.07) is 10.8. The highest BCUT2D eigenvalue weighted by atomic mass is 16.5. The van der Waals surface area contributed by atoms with E-state index in [0.717, 1.165) is 77.6 Å². The van der Waals surface area contributed by atoms with E-state index in [2.05, 4.69) is 52.4 Å². The maximum Gasteiger partial charge on any atom is 0.193 e. The van der Waals surface area contributed by atoms with Gasteiger partial charge in [-0.15, -0.1) is 0 Å². The smallest absolute Gasteiger partial charge is 0.193 e. The third kappa shape index (κ3) is 6.82. The minimum absolute atomic E-state index is 0.424. The number of piperidine rings is 1. The van der Waals surface area contributed by atoms with Crippen LogP contribution in [0.1, 0.15) is 44.6 Å². The number of rotatable bonds is 8. The van der Waals surface area contributed by atoms with E-state index in [4.69, 9.17) is 9.73 Å². The number of ether oxygens (including phenoxy) is 1. The van der Waals surface area contributed by atoms with Crippen LogP contribution in [0.4, 0.5) is 0 Å². The van der Waals surface area contributed by atoms with Crippen molar-refractivity contribution in [2.45, 2.75) is 51.7 Å². The van der Waals surface area contributed by atoms with E-state index in [1.807, 2.05) is 0 Å². The van der Waals surface area contributed by atoms with E-state index in [1.165, 1.54) is 18.4 Å². The van der Waals surface area contributed by atoms with Crippen molar-refractivity contribution in [2.24, 2.45) is 4.99 Å². The number of benzene rings is 1. The Morgan fingerprint density at radius 1 is 1.11 bits per heavy atom. The third-order valence-electron chi connectivity index (χ3n) is 5.44. The van der Waals surface area contributed by atoms with Gasteiger partial charge in [0.05, 0.1) is 6.10 Å². The maximum absolute atomic E-state index is 6.12. The zero-order valence-corrected chi connectivity index (χ0v) is 16.9. The minimum atomic E-state index is 0.424. The van der Waals surface area contributed by atoms with Crippen LogP contribution in [0.3, 0.4) is 0 Å². The predicted octanol–water partition coefficient (Wildman–Crippen LogP) is 3.12. The number of hydrogen-bond donors (Lipinski definition) is 1. The second-order valence-electron chi connectivity index (χ2n) is 7.62. The summed E-state index contributed by atoms with van der Waals surface area (Å²) < 4.78 is 6.12. The molecule has 0 spiro atoms. The highest BCUT2D eigenvalue weighted by molar-refractivity contribution is 5.80. The summed E-state index contributed by atoms with van der Waals surface area (Å²) in [4.78, 5) is 9.70. The molecule has 1 aromatic rings. The van der Waals surface area contributed by atoms with E-state index >= 15 is 0 Å². The SMILES string of the molecule is CCNC(=NCCCOC1CCN(Cc2ccccc2)CC1)N1CCCC1. The molecule has 2 saturated heterocycles. The monoisotopic (exact) mass is 372 g/mol. The normalized spacial score (nSPS) is 19.6. The Bertz CT molecular complexity index is 549. The van der Waals surface area contributed by atoms with Crippen molar-refractivity contribution in [3.8, 4) is 0 Å². The molecule has 0 unspecified atom stereocenters. The van der Waals surface area contributed by atoms with Crippen molar-refractivity contribution in [1.29, 1.82) is 0 Å². The van der Waals surface area contributed by atoms with E-state index < -0.39 is 0 Å². The Balaban J connectivity index is 1.29. The van der Waals surface area contributed by atoms with Gasteiger partial charge in [0, 0.05) is 52.4 Å². The van der Waals surface area contributed by atoms with Crippen molar-refractivity contribution in [2.75, 3.05) is 45.9 Å². The van der Waals surface area contributed by atoms with Gasteiger partial charge in [-0.2, -0.15) is 0 Å². The summed E-state index contributed by atoms with van der Waals surface area (Å²) in [5.41, 5.74) is 1.41. The molecule has 0 bridgehead atoms. The van der Waals surface area contributed by atoms with Gasteiger partial charge in [0.1, 0.15) is 0 Å². The topological polar surface area (TPSA) is 40.1 Å². The first-order valence-corrected chi connectivity index (χ1v) is 10.8. The standard InChI is InChI=1S/C22H36N4O/c1-2-23-22(26-14-6-7-15-26)24-13-8-18-27-21-11-16-25(17-12-21)19-20-9-4-3-5-10-20/h3-5,9-10,21H,2,6-8,11-19H2,1H3,(H,23,24). The largest absolute Gasteiger partial charge is 0.378 e. The van der Waals surface area contributed by atoms with E-state index in [-0.39, 0.29) is 0 Å². The molecule has 27 heavy (non-hydrogen) atoms. The summed E-state index contributed by atoms with van der Waals surface area (Å²) in [6.45, 7) is 10.4. The molecule has 0 amide bonds. The number of nitrogens with zero attached hydrogens (tertiary/aromatic N) is 3. The molecule has 3 rings (SSSR count). The van der Waals surface area contributed by atoms with Crippen molar-refractivity contribution < 1.29 is 4.74 Å². The second-order valence-corrected chi connectivity index (χ2v) is 7.62. The molecule has 1 N–H and O–H groups in total. The molecule has 0 radical (unpaired) electrons. The number of aliphatic imine (C=N–C) groups is 1. The lowest BCUT2D eigenvalue weighted by atomic mass is 10.1. The van der Waals surface area contributed by atoms with Gasteiger partial charge in [-0.25, -0.2) is 0 Å². The van der Waals surface area contributed by atoms with Crippen molar-refractivity contribution in [3.63, 3.8) is 0 Å². The van der Waals surface area contributed by atoms with Crippen molar-refractivity contribution in [3.05, 3.63) is 35.9 Å². The first-order valence-electron chi connectivity index (χ1n) is 10.8. The molecule has 5 nitrogen and oxygen atoms in total. The lowest BCUT2D eigenvalue weighted by Crippen LogP contribution is -2.39. The Morgan fingerprint density at radius 3 is 2.56 bits per heavy atom. The number of hydrogen-bond acceptors (Lipinski definition) is 3. The Hall–Kier alpha value is -1.59. The molecule has 5 heteroatoms. The van der Waals surface area contributed by atoms with Crippen molar-refractivity contribution in [1.82, 2.24) is 15.1 Å². The van der Waals surface area contributed by atoms with Crippen LogP contribution in [0.15, 0.2) is 35.3 Å². The molecular weight excluding hydrogens is 336 g/mol. The highest BCUT2D eigenvalue weighted by Crippen LogP contribution is 2.16. The summed E-state index contributed by atoms with van der Waals surface area (Å²) in [5.74, 6) is 1.09. The molecular formula is C22H36N4O. The van der Waals surface area contributed by atoms with Gasteiger partial charge in [-0.05, 0) is 44.6 Å². The van der Waals surface area contributed by atoms with Gasteiger partial charge in [0.15, 0.2) is 5.96 Å². The molecule has 0 atom stereocenters. The zero-order chi connectivity index (χ0) is 18.7. The second kappa shape index (κ2) is 11.3. The number of nitrogens with one attached hydrogen (secondary N) is 1. The van der Waals surface area contributed by atoms with Gasteiger partial charge >= 0.3 is 0 Å². The fourth-order valence-electron chi connectivity index (χ4n) is 3.93. The molecule has 150 valence electrons. The van der Waals surface area contributed by atoms with Crippen LogP contribution in [-0.2, 0) is 11.3 Å². The summed E-state index contributed by atoms with van der Waals surface area (Å²) >= 11 is 0. The summed E-state index contributed by atoms with van der Waals surface area (Å²) in [6.07, 6.45) is 6.30. The minimum Gasteiger partial charge on any atom is -0.378 e. The number of guanidine groups is 1. The first-order chi connectivity index (χ1) is 13.3. The lowest BCUT2D eigenvalue weighted by molar-refractivity contribution is 0.00565. The lowest BCUT2D eigenvalue weighted by Gasteiger charge is -2.31. The van der Waals surface area contributed by atoms with E-state index in [1.54, 1.807) is 0 Å². The fraction of sp³-hybridized carbons (Fsp3) is 0.682. The molecule has 0 aromatic heterocycles. The van der Waals surface area contributed by atoms with E-state index in [0.29, 0.717) is 6.10 Å². The maximum atomic E-state index is 6.12. The van der Waals surface area contributed by atoms with Crippen LogP contribution in [0.2, 0.25) is 0 Å². The Labute approximate surface area is 164 Å². The Morgan fingerprint density at radius 2 is 1.85 bits per heavy atom. The molecule has 1 aromatic carbocycles. The Kier molecular flexibility index (Phi) is 8.43. The van der Waals surface area contributed by atoms with Crippen LogP contribution >= 0.6 is 0 Å². The molecule has 2 heterocycles. The number of likely N-dealkylation sites (tertiary alicyclic amines) is 2. The average Bonchev–Trinajstić information content (AvgIpc) is 3.24. The van der Waals surface area contributed by atoms with Gasteiger partial charge in [0.2, 0.25) is 0 Å². The van der Waals surface area contributed by atoms with Crippen molar-refractivity contribution >= 4 is 5.96 Å². The van der Waals surface area contributed by atoms with Crippen LogP contribution < -0.4 is 5.32 Å². The molecule has 0 saturated carbocycles. The van der Waals surface area contributed by atoms with Gasteiger partial charge < -0.3 is 15.0 Å². The molecule has 0 aliphatic carbocycles. The molecule has 2 fully saturated rings. The zero-order valence-electron chi connectivity index (χ0n) is 16.9. The summed E-state index contributed by atoms with van der Waals surface area (Å²) in [5, 5.41) is 3.42. The van der Waals surface area contributed by atoms with E-state index in [9.17, 15) is 0 Å². The van der Waals surface area contributed by atoms with Gasteiger partial charge in [-0.3, -0.25) is 9.89 Å². The third-order valence-corrected chi connectivity index (χ3v) is 5.44. The van der Waals surface area contributed by atoms with Crippen LogP contribution in [0.5, 0.6) is 0 Å². The predicted molar refractivity (Wildman–Crippen MR) is 112 cm³/mol. The van der Waals surface area contributed by atoms with Gasteiger partial charge in [-0.1, -0.05) is 30.3 Å². The molecule has 2 aliphatic heterocycles. The van der Waals surface area contributed by atoms with Gasteiger partial charge in [0.25, 0.3) is 0 Å². The molecule has 2 aliphatic rings. The highest BCUT2D eigenvalue weighted by Gasteiger charge is 2.19.